The highest BCUT2D eigenvalue weighted by Gasteiger charge is 2.40. The fourth-order valence-corrected chi connectivity index (χ4v) is 8.24. The molecule has 0 fully saturated rings. The van der Waals surface area contributed by atoms with Gasteiger partial charge in [0.25, 0.3) is 0 Å². The summed E-state index contributed by atoms with van der Waals surface area (Å²) in [7, 11) is 0. The number of hydrogen-bond donors (Lipinski definition) is 23. The molecule has 0 saturated carbocycles. The molecule has 328 valence electrons. The molecule has 0 spiro atoms. The van der Waals surface area contributed by atoms with Gasteiger partial charge in [-0.25, -0.2) is 0 Å². The van der Waals surface area contributed by atoms with E-state index in [4.69, 9.17) is 4.42 Å². The van der Waals surface area contributed by atoms with E-state index >= 15 is 0 Å². The van der Waals surface area contributed by atoms with Crippen LogP contribution in [0.5, 0.6) is 132 Å². The monoisotopic (exact) mass is 888 g/mol. The van der Waals surface area contributed by atoms with E-state index in [1.165, 1.54) is 0 Å². The van der Waals surface area contributed by atoms with Crippen molar-refractivity contribution in [3.05, 3.63) is 6.07 Å². The third kappa shape index (κ3) is 4.27. The van der Waals surface area contributed by atoms with Crippen LogP contribution in [0.3, 0.4) is 0 Å². The SMILES string of the molecule is Oc1cc2c(O)c3oc4c(O)c(O)c(-c5c6c(O)c(O)c(O)c(O)c6c(-c6c(O)c(O)c(O)c7c(O)c(O)c(O)c(O)c67)c6c(O)c(O)c(O)c(O)c56)c(O)c4c3c(O)c2c(O)c1O. The molecule has 0 bridgehead atoms. The van der Waals surface area contributed by atoms with Crippen molar-refractivity contribution in [3.63, 3.8) is 0 Å². The molecule has 0 amide bonds. The highest BCUT2D eigenvalue weighted by molar-refractivity contribution is 6.34. The molecule has 9 rings (SSSR count). The number of aromatic hydroxyl groups is 23. The molecule has 0 aliphatic heterocycles. The number of hydrogen-bond acceptors (Lipinski definition) is 24. The third-order valence-corrected chi connectivity index (χ3v) is 11.1. The van der Waals surface area contributed by atoms with E-state index in [0.717, 1.165) is 0 Å². The zero-order chi connectivity index (χ0) is 46.9. The summed E-state index contributed by atoms with van der Waals surface area (Å²) in [6, 6.07) is 0.656. The summed E-state index contributed by atoms with van der Waals surface area (Å²) < 4.78 is 5.50. The van der Waals surface area contributed by atoms with Gasteiger partial charge in [-0.15, -0.1) is 0 Å². The summed E-state index contributed by atoms with van der Waals surface area (Å²) in [6.07, 6.45) is 0. The molecule has 0 radical (unpaired) electrons. The van der Waals surface area contributed by atoms with Crippen LogP contribution >= 0.6 is 0 Å². The Hall–Kier alpha value is -10.0. The number of benzene rings is 8. The van der Waals surface area contributed by atoms with E-state index in [1.54, 1.807) is 0 Å². The van der Waals surface area contributed by atoms with Gasteiger partial charge < -0.3 is 122 Å². The molecule has 9 aromatic rings. The van der Waals surface area contributed by atoms with Gasteiger partial charge in [-0.1, -0.05) is 0 Å². The molecule has 0 unspecified atom stereocenters. The second-order valence-electron chi connectivity index (χ2n) is 14.2. The molecule has 64 heavy (non-hydrogen) atoms. The lowest BCUT2D eigenvalue weighted by Crippen LogP contribution is -1.97. The average molecular weight is 889 g/mol. The van der Waals surface area contributed by atoms with Crippen LogP contribution < -0.4 is 0 Å². The molecule has 24 heteroatoms. The Morgan fingerprint density at radius 3 is 0.953 bits per heavy atom. The first kappa shape index (κ1) is 39.5. The van der Waals surface area contributed by atoms with Gasteiger partial charge in [0.15, 0.2) is 80.2 Å². The van der Waals surface area contributed by atoms with Crippen LogP contribution in [0.2, 0.25) is 0 Å². The van der Waals surface area contributed by atoms with E-state index in [0.29, 0.717) is 6.07 Å². The van der Waals surface area contributed by atoms with Crippen molar-refractivity contribution in [2.75, 3.05) is 0 Å². The van der Waals surface area contributed by atoms with Gasteiger partial charge in [0.2, 0.25) is 51.7 Å². The van der Waals surface area contributed by atoms with E-state index in [9.17, 15) is 117 Å². The lowest BCUT2D eigenvalue weighted by molar-refractivity contribution is 0.347. The second kappa shape index (κ2) is 12.1. The highest BCUT2D eigenvalue weighted by atomic mass is 16.4. The first-order valence-corrected chi connectivity index (χ1v) is 17.4. The molecule has 0 saturated heterocycles. The molecule has 1 aromatic heterocycles. The van der Waals surface area contributed by atoms with Crippen LogP contribution in [0, 0.1) is 0 Å². The minimum Gasteiger partial charge on any atom is -0.506 e. The van der Waals surface area contributed by atoms with Crippen molar-refractivity contribution in [2.24, 2.45) is 0 Å². The van der Waals surface area contributed by atoms with E-state index < -0.39 is 220 Å². The Labute approximate surface area is 347 Å². The molecule has 24 nitrogen and oxygen atoms in total. The fourth-order valence-electron chi connectivity index (χ4n) is 8.24. The smallest absolute Gasteiger partial charge is 0.205 e. The van der Waals surface area contributed by atoms with Crippen LogP contribution in [0.4, 0.5) is 0 Å². The summed E-state index contributed by atoms with van der Waals surface area (Å²) >= 11 is 0. The van der Waals surface area contributed by atoms with Crippen molar-refractivity contribution in [3.8, 4) is 154 Å². The van der Waals surface area contributed by atoms with Gasteiger partial charge in [0.1, 0.15) is 11.5 Å². The van der Waals surface area contributed by atoms with Crippen LogP contribution in [-0.4, -0.2) is 117 Å². The Kier molecular flexibility index (Phi) is 7.44. The van der Waals surface area contributed by atoms with Gasteiger partial charge >= 0.3 is 0 Å². The van der Waals surface area contributed by atoms with Crippen LogP contribution in [0.25, 0.3) is 87.3 Å². The van der Waals surface area contributed by atoms with Gasteiger partial charge in [0.05, 0.1) is 27.1 Å². The highest BCUT2D eigenvalue weighted by Crippen LogP contribution is 2.68. The van der Waals surface area contributed by atoms with Crippen LogP contribution in [-0.2, 0) is 0 Å². The van der Waals surface area contributed by atoms with Crippen molar-refractivity contribution in [1.82, 2.24) is 0 Å². The summed E-state index contributed by atoms with van der Waals surface area (Å²) in [4.78, 5) is 0. The van der Waals surface area contributed by atoms with Gasteiger partial charge in [-0.2, -0.15) is 0 Å². The molecule has 0 atom stereocenters. The summed E-state index contributed by atoms with van der Waals surface area (Å²) in [5.41, 5.74) is -7.21. The summed E-state index contributed by atoms with van der Waals surface area (Å²) in [6.45, 7) is 0. The number of phenols is 23. The lowest BCUT2D eigenvalue weighted by atomic mass is 9.81. The van der Waals surface area contributed by atoms with Crippen LogP contribution in [0.15, 0.2) is 10.5 Å². The number of furan rings is 1. The predicted octanol–water partition coefficient (Wildman–Crippen LogP) is 4.76. The van der Waals surface area contributed by atoms with Crippen molar-refractivity contribution < 1.29 is 122 Å². The number of fused-ring (bicyclic) bond motifs is 7. The topological polar surface area (TPSA) is 478 Å². The molecule has 0 aliphatic rings. The maximum absolute atomic E-state index is 12.2. The molecule has 8 aromatic carbocycles. The maximum Gasteiger partial charge on any atom is 0.205 e. The zero-order valence-electron chi connectivity index (χ0n) is 30.8. The van der Waals surface area contributed by atoms with E-state index in [2.05, 4.69) is 0 Å². The summed E-state index contributed by atoms with van der Waals surface area (Å²) in [5.74, 6) is -35.1. The van der Waals surface area contributed by atoms with Crippen molar-refractivity contribution in [2.45, 2.75) is 0 Å². The quantitative estimate of drug-likeness (QED) is 0.0631. The van der Waals surface area contributed by atoms with Gasteiger partial charge in [0, 0.05) is 49.0 Å². The minimum atomic E-state index is -1.70. The molecule has 23 N–H and O–H groups in total. The second-order valence-corrected chi connectivity index (χ2v) is 14.2. The Balaban J connectivity index is 1.64. The largest absolute Gasteiger partial charge is 0.506 e. The van der Waals surface area contributed by atoms with Gasteiger partial charge in [-0.05, 0) is 6.07 Å². The Morgan fingerprint density at radius 2 is 0.516 bits per heavy atom. The minimum absolute atomic E-state index is 0.613. The number of rotatable bonds is 2. The standard InChI is InChI=1S/C40H24O24/c41-3-1-2-4(21(46)18(3)43)19(44)15-16-20(45)13(30(55)38(63)40(16)64-39(15)17(2)42)6-10-7(23(48)32(57)34(59)25(10)50)5(8-11(6)26(51)35(60)33(58)24(8)49)9-12-14(28(53)31(56)22(9)47)29(54)37(62)36(61)27(12)52/h1,41-63H. The zero-order valence-corrected chi connectivity index (χ0v) is 30.8. The fraction of sp³-hybridized carbons (Fsp3) is 0. The molecular weight excluding hydrogens is 864 g/mol. The Morgan fingerprint density at radius 1 is 0.203 bits per heavy atom. The van der Waals surface area contributed by atoms with Crippen molar-refractivity contribution in [1.29, 1.82) is 0 Å². The van der Waals surface area contributed by atoms with E-state index in [1.807, 2.05) is 0 Å². The van der Waals surface area contributed by atoms with Crippen LogP contribution in [0.1, 0.15) is 0 Å². The number of phenolic OH excluding ortho intramolecular Hbond substituents is 23. The van der Waals surface area contributed by atoms with Crippen molar-refractivity contribution >= 4 is 65.0 Å². The van der Waals surface area contributed by atoms with E-state index in [-0.39, 0.29) is 0 Å². The first-order chi connectivity index (χ1) is 29.9. The normalized spacial score (nSPS) is 11.9. The Bertz CT molecular complexity index is 3660. The molecular formula is C40H24O24. The first-order valence-electron chi connectivity index (χ1n) is 17.4. The predicted molar refractivity (Wildman–Crippen MR) is 213 cm³/mol. The average Bonchev–Trinajstić information content (AvgIpc) is 3.68. The lowest BCUT2D eigenvalue weighted by Gasteiger charge is -2.25. The summed E-state index contributed by atoms with van der Waals surface area (Å²) in [5, 5.41) is 245. The maximum atomic E-state index is 12.2. The molecule has 1 heterocycles. The van der Waals surface area contributed by atoms with Gasteiger partial charge in [-0.3, -0.25) is 0 Å². The molecule has 0 aliphatic carbocycles. The third-order valence-electron chi connectivity index (χ3n) is 11.1.